The van der Waals surface area contributed by atoms with E-state index in [1.54, 1.807) is 7.05 Å². The van der Waals surface area contributed by atoms with Crippen molar-refractivity contribution in [2.75, 3.05) is 13.2 Å². The van der Waals surface area contributed by atoms with Crippen LogP contribution in [0.2, 0.25) is 0 Å². The summed E-state index contributed by atoms with van der Waals surface area (Å²) in [4.78, 5) is 23.4. The van der Waals surface area contributed by atoms with Crippen molar-refractivity contribution in [3.05, 3.63) is 32.6 Å². The molecule has 1 aromatic rings. The lowest BCUT2D eigenvalue weighted by Crippen LogP contribution is -2.39. The van der Waals surface area contributed by atoms with Gasteiger partial charge in [0.05, 0.1) is 0 Å². The number of aliphatic hydroxyl groups is 1. The van der Waals surface area contributed by atoms with E-state index in [-0.39, 0.29) is 17.9 Å². The van der Waals surface area contributed by atoms with Gasteiger partial charge in [-0.25, -0.2) is 4.79 Å². The molecule has 1 aromatic heterocycles. The van der Waals surface area contributed by atoms with Crippen LogP contribution in [-0.4, -0.2) is 27.4 Å². The van der Waals surface area contributed by atoms with E-state index in [0.29, 0.717) is 18.2 Å². The van der Waals surface area contributed by atoms with Crippen LogP contribution < -0.4 is 16.6 Å². The molecule has 1 rings (SSSR count). The fourth-order valence-corrected chi connectivity index (χ4v) is 2.29. The predicted molar refractivity (Wildman–Crippen MR) is 78.7 cm³/mol. The average molecular weight is 283 g/mol. The molecule has 2 N–H and O–H groups in total. The summed E-state index contributed by atoms with van der Waals surface area (Å²) >= 11 is 0. The van der Waals surface area contributed by atoms with Crippen LogP contribution in [0.25, 0.3) is 0 Å². The Morgan fingerprint density at radius 3 is 2.55 bits per heavy atom. The topological polar surface area (TPSA) is 76.3 Å². The predicted octanol–water partition coefficient (Wildman–Crippen LogP) is -0.0277. The summed E-state index contributed by atoms with van der Waals surface area (Å²) in [7, 11) is 3.14. The highest BCUT2D eigenvalue weighted by molar-refractivity contribution is 5.01. The number of hydrogen-bond donors (Lipinski definition) is 2. The lowest BCUT2D eigenvalue weighted by atomic mass is 10.0. The molecule has 0 fully saturated rings. The van der Waals surface area contributed by atoms with Gasteiger partial charge in [0.2, 0.25) is 0 Å². The summed E-state index contributed by atoms with van der Waals surface area (Å²) in [6.45, 7) is 3.57. The van der Waals surface area contributed by atoms with Crippen molar-refractivity contribution in [3.63, 3.8) is 0 Å². The molecule has 0 aliphatic rings. The summed E-state index contributed by atoms with van der Waals surface area (Å²) in [5.41, 5.74) is 0.0810. The van der Waals surface area contributed by atoms with Crippen molar-refractivity contribution in [2.45, 2.75) is 32.7 Å². The van der Waals surface area contributed by atoms with Crippen LogP contribution in [0.5, 0.6) is 0 Å². The van der Waals surface area contributed by atoms with Gasteiger partial charge in [-0.3, -0.25) is 13.9 Å². The first-order valence-corrected chi connectivity index (χ1v) is 7.08. The molecule has 1 heterocycles. The first kappa shape index (κ1) is 16.7. The lowest BCUT2D eigenvalue weighted by Gasteiger charge is -2.16. The summed E-state index contributed by atoms with van der Waals surface area (Å²) in [5.74, 6) is 0.425. The molecule has 0 amide bonds. The monoisotopic (exact) mass is 283 g/mol. The molecule has 114 valence electrons. The molecule has 0 bridgehead atoms. The zero-order chi connectivity index (χ0) is 15.1. The highest BCUT2D eigenvalue weighted by Gasteiger charge is 2.09. The van der Waals surface area contributed by atoms with Gasteiger partial charge in [-0.1, -0.05) is 13.3 Å². The smallest absolute Gasteiger partial charge is 0.330 e. The van der Waals surface area contributed by atoms with Crippen LogP contribution >= 0.6 is 0 Å². The second-order valence-electron chi connectivity index (χ2n) is 5.17. The van der Waals surface area contributed by atoms with Crippen molar-refractivity contribution in [3.8, 4) is 0 Å². The fourth-order valence-electron chi connectivity index (χ4n) is 2.29. The molecule has 0 saturated carbocycles. The molecule has 1 atom stereocenters. The summed E-state index contributed by atoms with van der Waals surface area (Å²) < 4.78 is 2.57. The number of nitrogens with one attached hydrogen (secondary N) is 1. The minimum absolute atomic E-state index is 0.191. The molecule has 0 saturated heterocycles. The molecule has 0 aliphatic heterocycles. The first-order chi connectivity index (χ1) is 9.51. The van der Waals surface area contributed by atoms with E-state index in [4.69, 9.17) is 5.11 Å². The van der Waals surface area contributed by atoms with Gasteiger partial charge in [0.15, 0.2) is 0 Å². The Bertz CT molecular complexity index is 527. The maximum Gasteiger partial charge on any atom is 0.330 e. The zero-order valence-corrected chi connectivity index (χ0v) is 12.6. The van der Waals surface area contributed by atoms with Gasteiger partial charge in [-0.15, -0.1) is 0 Å². The Kier molecular flexibility index (Phi) is 6.67. The van der Waals surface area contributed by atoms with Gasteiger partial charge in [-0.2, -0.15) is 0 Å². The molecule has 6 heteroatoms. The average Bonchev–Trinajstić information content (AvgIpc) is 2.42. The lowest BCUT2D eigenvalue weighted by molar-refractivity contribution is 0.247. The normalized spacial score (nSPS) is 12.6. The quantitative estimate of drug-likeness (QED) is 0.702. The van der Waals surface area contributed by atoms with Gasteiger partial charge in [-0.05, 0) is 25.3 Å². The van der Waals surface area contributed by atoms with Crippen LogP contribution in [0.3, 0.4) is 0 Å². The fraction of sp³-hybridized carbons (Fsp3) is 0.714. The molecule has 0 spiro atoms. The summed E-state index contributed by atoms with van der Waals surface area (Å²) in [6, 6.07) is 1.48. The van der Waals surface area contributed by atoms with Crippen molar-refractivity contribution < 1.29 is 5.11 Å². The molecular formula is C14H25N3O3. The van der Waals surface area contributed by atoms with Crippen molar-refractivity contribution in [1.82, 2.24) is 14.5 Å². The second-order valence-corrected chi connectivity index (χ2v) is 5.17. The van der Waals surface area contributed by atoms with E-state index in [9.17, 15) is 9.59 Å². The van der Waals surface area contributed by atoms with Gasteiger partial charge < -0.3 is 10.4 Å². The van der Waals surface area contributed by atoms with Gasteiger partial charge in [0.1, 0.15) is 0 Å². The van der Waals surface area contributed by atoms with Gasteiger partial charge in [0.25, 0.3) is 5.56 Å². The van der Waals surface area contributed by atoms with E-state index in [2.05, 4.69) is 12.2 Å². The van der Waals surface area contributed by atoms with Crippen molar-refractivity contribution >= 4 is 0 Å². The number of aliphatic hydroxyl groups excluding tert-OH is 1. The Hall–Kier alpha value is -1.40. The van der Waals surface area contributed by atoms with E-state index in [1.165, 1.54) is 17.7 Å². The summed E-state index contributed by atoms with van der Waals surface area (Å²) in [5, 5.41) is 12.3. The molecule has 0 radical (unpaired) electrons. The molecule has 20 heavy (non-hydrogen) atoms. The molecule has 0 aliphatic carbocycles. The van der Waals surface area contributed by atoms with E-state index in [1.807, 2.05) is 0 Å². The third-order valence-electron chi connectivity index (χ3n) is 3.60. The number of hydrogen-bond acceptors (Lipinski definition) is 4. The summed E-state index contributed by atoms with van der Waals surface area (Å²) in [6.07, 6.45) is 2.91. The SMILES string of the molecule is CCCC(CCO)CNCc1cc(=O)n(C)c(=O)n1C. The molecular weight excluding hydrogens is 258 g/mol. The maximum atomic E-state index is 11.8. The minimum Gasteiger partial charge on any atom is -0.396 e. The number of aromatic nitrogens is 2. The molecule has 1 unspecified atom stereocenters. The van der Waals surface area contributed by atoms with Gasteiger partial charge >= 0.3 is 5.69 Å². The molecule has 6 nitrogen and oxygen atoms in total. The zero-order valence-electron chi connectivity index (χ0n) is 12.6. The third-order valence-corrected chi connectivity index (χ3v) is 3.60. The number of nitrogens with zero attached hydrogens (tertiary/aromatic N) is 2. The third kappa shape index (κ3) is 4.31. The second kappa shape index (κ2) is 8.01. The Labute approximate surface area is 119 Å². The Morgan fingerprint density at radius 1 is 1.25 bits per heavy atom. The van der Waals surface area contributed by atoms with E-state index in [0.717, 1.165) is 30.4 Å². The van der Waals surface area contributed by atoms with E-state index < -0.39 is 0 Å². The van der Waals surface area contributed by atoms with Crippen LogP contribution in [0, 0.1) is 5.92 Å². The van der Waals surface area contributed by atoms with Crippen LogP contribution in [0.4, 0.5) is 0 Å². The Balaban J connectivity index is 2.66. The van der Waals surface area contributed by atoms with Crippen molar-refractivity contribution in [1.29, 1.82) is 0 Å². The standard InChI is InChI=1S/C14H25N3O3/c1-4-5-11(6-7-18)9-15-10-12-8-13(19)17(3)14(20)16(12)2/h8,11,15,18H,4-7,9-10H2,1-3H3. The largest absolute Gasteiger partial charge is 0.396 e. The highest BCUT2D eigenvalue weighted by atomic mass is 16.3. The van der Waals surface area contributed by atoms with Crippen LogP contribution in [0.15, 0.2) is 15.7 Å². The van der Waals surface area contributed by atoms with Gasteiger partial charge in [0, 0.05) is 39.0 Å². The highest BCUT2D eigenvalue weighted by Crippen LogP contribution is 2.09. The maximum absolute atomic E-state index is 11.8. The number of rotatable bonds is 8. The Morgan fingerprint density at radius 2 is 1.95 bits per heavy atom. The van der Waals surface area contributed by atoms with Crippen LogP contribution in [0.1, 0.15) is 31.9 Å². The first-order valence-electron chi connectivity index (χ1n) is 7.08. The minimum atomic E-state index is -0.310. The van der Waals surface area contributed by atoms with Crippen molar-refractivity contribution in [2.24, 2.45) is 20.0 Å². The van der Waals surface area contributed by atoms with Crippen LogP contribution in [-0.2, 0) is 20.6 Å². The molecule has 0 aromatic carbocycles. The van der Waals surface area contributed by atoms with E-state index >= 15 is 0 Å².